The molecule has 3 unspecified atom stereocenters. The number of carbonyl (C=O) groups excluding carboxylic acids is 1. The Morgan fingerprint density at radius 1 is 1.67 bits per heavy atom. The van der Waals surface area contributed by atoms with Crippen molar-refractivity contribution >= 4 is 17.2 Å². The summed E-state index contributed by atoms with van der Waals surface area (Å²) in [4.78, 5) is 12.7. The van der Waals surface area contributed by atoms with Crippen molar-refractivity contribution in [3.8, 4) is 0 Å². The predicted molar refractivity (Wildman–Crippen MR) is 70.5 cm³/mol. The topological polar surface area (TPSA) is 58.6 Å². The van der Waals surface area contributed by atoms with Crippen molar-refractivity contribution in [1.82, 2.24) is 5.32 Å². The molecule has 100 valence electrons. The van der Waals surface area contributed by atoms with Crippen LogP contribution < -0.4 is 5.32 Å². The van der Waals surface area contributed by atoms with E-state index in [1.807, 2.05) is 24.4 Å². The van der Waals surface area contributed by atoms with Crippen LogP contribution in [0.2, 0.25) is 0 Å². The first-order chi connectivity index (χ1) is 8.49. The van der Waals surface area contributed by atoms with Gasteiger partial charge >= 0.3 is 0 Å². The van der Waals surface area contributed by atoms with E-state index in [1.165, 1.54) is 11.3 Å². The number of rotatable bonds is 4. The first kappa shape index (κ1) is 13.5. The lowest BCUT2D eigenvalue weighted by atomic mass is 10.1. The smallest absolute Gasteiger partial charge is 0.249 e. The van der Waals surface area contributed by atoms with E-state index in [4.69, 9.17) is 4.74 Å². The Kier molecular flexibility index (Phi) is 4.04. The maximum Gasteiger partial charge on any atom is 0.249 e. The summed E-state index contributed by atoms with van der Waals surface area (Å²) in [5.74, 6) is -0.129. The number of ether oxygens (including phenoxy) is 1. The summed E-state index contributed by atoms with van der Waals surface area (Å²) in [6.45, 7) is 3.88. The van der Waals surface area contributed by atoms with Crippen molar-refractivity contribution in [3.05, 3.63) is 22.4 Å². The van der Waals surface area contributed by atoms with E-state index >= 15 is 0 Å². The van der Waals surface area contributed by atoms with Crippen LogP contribution in [0.1, 0.15) is 31.6 Å². The normalized spacial score (nSPS) is 26.8. The van der Waals surface area contributed by atoms with Gasteiger partial charge in [0.2, 0.25) is 5.91 Å². The summed E-state index contributed by atoms with van der Waals surface area (Å²) < 4.78 is 5.49. The molecule has 1 amide bonds. The number of hydrogen-bond acceptors (Lipinski definition) is 4. The molecule has 1 aromatic rings. The van der Waals surface area contributed by atoms with Crippen LogP contribution in [-0.2, 0) is 15.1 Å². The molecule has 1 aromatic heterocycles. The molecule has 0 radical (unpaired) electrons. The zero-order chi connectivity index (χ0) is 13.2. The zero-order valence-electron chi connectivity index (χ0n) is 10.7. The summed E-state index contributed by atoms with van der Waals surface area (Å²) in [6, 6.07) is 3.75. The molecule has 18 heavy (non-hydrogen) atoms. The Balaban J connectivity index is 1.86. The maximum absolute atomic E-state index is 11.9. The Labute approximate surface area is 111 Å². The van der Waals surface area contributed by atoms with Gasteiger partial charge in [-0.2, -0.15) is 0 Å². The molecule has 1 aliphatic heterocycles. The fraction of sp³-hybridized carbons (Fsp3) is 0.615. The molecule has 0 saturated carbocycles. The van der Waals surface area contributed by atoms with E-state index in [0.717, 1.165) is 17.7 Å². The Bertz CT molecular complexity index is 402. The highest BCUT2D eigenvalue weighted by Gasteiger charge is 2.30. The number of amides is 1. The highest BCUT2D eigenvalue weighted by molar-refractivity contribution is 7.10. The Morgan fingerprint density at radius 2 is 2.44 bits per heavy atom. The minimum atomic E-state index is -1.02. The molecule has 3 atom stereocenters. The average molecular weight is 269 g/mol. The van der Waals surface area contributed by atoms with Gasteiger partial charge in [-0.15, -0.1) is 11.3 Å². The molecule has 0 bridgehead atoms. The first-order valence-corrected chi connectivity index (χ1v) is 7.06. The predicted octanol–water partition coefficient (Wildman–Crippen LogP) is 1.64. The van der Waals surface area contributed by atoms with E-state index in [9.17, 15) is 9.90 Å². The average Bonchev–Trinajstić information content (AvgIpc) is 2.96. The van der Waals surface area contributed by atoms with Crippen LogP contribution in [0.25, 0.3) is 0 Å². The van der Waals surface area contributed by atoms with Crippen LogP contribution in [0, 0.1) is 0 Å². The van der Waals surface area contributed by atoms with E-state index in [1.54, 1.807) is 6.92 Å². The Hall–Kier alpha value is -0.910. The van der Waals surface area contributed by atoms with Gasteiger partial charge in [0.25, 0.3) is 0 Å². The van der Waals surface area contributed by atoms with E-state index in [0.29, 0.717) is 0 Å². The zero-order valence-corrected chi connectivity index (χ0v) is 11.5. The third kappa shape index (κ3) is 3.10. The molecule has 2 N–H and O–H groups in total. The lowest BCUT2D eigenvalue weighted by molar-refractivity contribution is -0.132. The van der Waals surface area contributed by atoms with Crippen LogP contribution in [0.4, 0.5) is 0 Å². The van der Waals surface area contributed by atoms with Crippen LogP contribution in [0.5, 0.6) is 0 Å². The molecular formula is C13H19NO3S. The summed E-state index contributed by atoms with van der Waals surface area (Å²) in [5.41, 5.74) is -1.02. The molecule has 0 aliphatic carbocycles. The molecule has 1 saturated heterocycles. The van der Waals surface area contributed by atoms with Gasteiger partial charge in [-0.05, 0) is 38.1 Å². The lowest BCUT2D eigenvalue weighted by Gasteiger charge is -2.23. The summed E-state index contributed by atoms with van der Waals surface area (Å²) in [5, 5.41) is 14.9. The highest BCUT2D eigenvalue weighted by atomic mass is 32.1. The Morgan fingerprint density at radius 3 is 3.00 bits per heavy atom. The standard InChI is InChI=1S/C13H19NO3S/c1-9-5-6-10(17-9)12(15)14-8-13(2,16)11-4-3-7-18-11/h3-4,7,9-10,16H,5-6,8H2,1-2H3,(H,14,15). The number of carbonyl (C=O) groups is 1. The van der Waals surface area contributed by atoms with Gasteiger partial charge in [0.1, 0.15) is 11.7 Å². The number of aliphatic hydroxyl groups is 1. The van der Waals surface area contributed by atoms with Gasteiger partial charge in [-0.25, -0.2) is 0 Å². The first-order valence-electron chi connectivity index (χ1n) is 6.18. The number of hydrogen-bond donors (Lipinski definition) is 2. The van der Waals surface area contributed by atoms with E-state index in [-0.39, 0.29) is 24.7 Å². The monoisotopic (exact) mass is 269 g/mol. The molecule has 5 heteroatoms. The lowest BCUT2D eigenvalue weighted by Crippen LogP contribution is -2.42. The second kappa shape index (κ2) is 5.38. The van der Waals surface area contributed by atoms with Crippen molar-refractivity contribution in [2.45, 2.75) is 44.5 Å². The second-order valence-corrected chi connectivity index (χ2v) is 5.93. The molecule has 2 heterocycles. The van der Waals surface area contributed by atoms with Crippen molar-refractivity contribution in [2.24, 2.45) is 0 Å². The van der Waals surface area contributed by atoms with E-state index in [2.05, 4.69) is 5.32 Å². The molecule has 0 spiro atoms. The fourth-order valence-corrected chi connectivity index (χ4v) is 2.83. The van der Waals surface area contributed by atoms with Gasteiger partial charge in [0.05, 0.1) is 12.6 Å². The third-order valence-electron chi connectivity index (χ3n) is 3.18. The molecule has 2 rings (SSSR count). The van der Waals surface area contributed by atoms with Crippen molar-refractivity contribution in [3.63, 3.8) is 0 Å². The van der Waals surface area contributed by atoms with E-state index < -0.39 is 5.60 Å². The maximum atomic E-state index is 11.9. The molecule has 1 aliphatic rings. The van der Waals surface area contributed by atoms with Gasteiger partial charge in [0, 0.05) is 4.88 Å². The third-order valence-corrected chi connectivity index (χ3v) is 4.31. The highest BCUT2D eigenvalue weighted by Crippen LogP contribution is 2.25. The van der Waals surface area contributed by atoms with Crippen LogP contribution in [0.15, 0.2) is 17.5 Å². The van der Waals surface area contributed by atoms with Crippen molar-refractivity contribution < 1.29 is 14.6 Å². The molecule has 4 nitrogen and oxygen atoms in total. The summed E-state index contributed by atoms with van der Waals surface area (Å²) >= 11 is 1.48. The van der Waals surface area contributed by atoms with Crippen LogP contribution in [0.3, 0.4) is 0 Å². The minimum Gasteiger partial charge on any atom is -0.383 e. The quantitative estimate of drug-likeness (QED) is 0.873. The van der Waals surface area contributed by atoms with Gasteiger partial charge < -0.3 is 15.2 Å². The minimum absolute atomic E-state index is 0.129. The largest absolute Gasteiger partial charge is 0.383 e. The number of nitrogens with one attached hydrogen (secondary N) is 1. The number of thiophene rings is 1. The van der Waals surface area contributed by atoms with Crippen molar-refractivity contribution in [1.29, 1.82) is 0 Å². The van der Waals surface area contributed by atoms with Crippen molar-refractivity contribution in [2.75, 3.05) is 6.54 Å². The summed E-state index contributed by atoms with van der Waals surface area (Å²) in [6.07, 6.45) is 1.46. The SMILES string of the molecule is CC1CCC(C(=O)NCC(C)(O)c2cccs2)O1. The second-order valence-electron chi connectivity index (χ2n) is 4.98. The fourth-order valence-electron chi connectivity index (χ4n) is 2.04. The molecular weight excluding hydrogens is 250 g/mol. The van der Waals surface area contributed by atoms with Gasteiger partial charge in [-0.3, -0.25) is 4.79 Å². The molecule has 0 aromatic carbocycles. The summed E-state index contributed by atoms with van der Waals surface area (Å²) in [7, 11) is 0. The van der Waals surface area contributed by atoms with Gasteiger partial charge in [0.15, 0.2) is 0 Å². The van der Waals surface area contributed by atoms with Crippen LogP contribution in [-0.4, -0.2) is 29.8 Å². The van der Waals surface area contributed by atoms with Gasteiger partial charge in [-0.1, -0.05) is 6.07 Å². The molecule has 1 fully saturated rings. The van der Waals surface area contributed by atoms with Crippen LogP contribution >= 0.6 is 11.3 Å².